The third-order valence-corrected chi connectivity index (χ3v) is 1.79. The quantitative estimate of drug-likeness (QED) is 0.597. The molecule has 1 aliphatic heterocycles. The normalized spacial score (nSPS) is 26.9. The van der Waals surface area contributed by atoms with Gasteiger partial charge in [0, 0.05) is 0 Å². The van der Waals surface area contributed by atoms with Crippen LogP contribution in [0.2, 0.25) is 0 Å². The van der Waals surface area contributed by atoms with Crippen molar-refractivity contribution in [1.29, 1.82) is 0 Å². The van der Waals surface area contributed by atoms with Crippen LogP contribution in [-0.4, -0.2) is 30.2 Å². The fourth-order valence-corrected chi connectivity index (χ4v) is 1.06. The molecule has 0 spiro atoms. The lowest BCUT2D eigenvalue weighted by atomic mass is 10.1. The van der Waals surface area contributed by atoms with Gasteiger partial charge in [-0.3, -0.25) is 0 Å². The van der Waals surface area contributed by atoms with Gasteiger partial charge in [-0.1, -0.05) is 0 Å². The average molecular weight is 186 g/mol. The molecule has 5 heteroatoms. The Balaban J connectivity index is 2.60. The monoisotopic (exact) mass is 186 g/mol. The molecule has 13 heavy (non-hydrogen) atoms. The highest BCUT2D eigenvalue weighted by molar-refractivity contribution is 5.90. The maximum Gasteiger partial charge on any atom is 0.333 e. The Morgan fingerprint density at radius 3 is 2.62 bits per heavy atom. The van der Waals surface area contributed by atoms with Crippen molar-refractivity contribution in [3.63, 3.8) is 0 Å². The Morgan fingerprint density at radius 1 is 1.62 bits per heavy atom. The van der Waals surface area contributed by atoms with Crippen LogP contribution in [0.4, 0.5) is 4.79 Å². The molecular weight excluding hydrogens is 172 g/mol. The fourth-order valence-electron chi connectivity index (χ4n) is 1.06. The lowest BCUT2D eigenvalue weighted by molar-refractivity contribution is -0.153. The Kier molecular flexibility index (Phi) is 2.45. The zero-order valence-corrected chi connectivity index (χ0v) is 8.01. The molecule has 2 amide bonds. The van der Waals surface area contributed by atoms with Crippen LogP contribution in [0.5, 0.6) is 0 Å². The molecule has 1 atom stereocenters. The SMILES string of the molecule is CC(C)OC(=O)C1(C)CNC(=O)N1. The van der Waals surface area contributed by atoms with Crippen molar-refractivity contribution in [3.8, 4) is 0 Å². The molecule has 1 rings (SSSR count). The Labute approximate surface area is 76.8 Å². The summed E-state index contributed by atoms with van der Waals surface area (Å²) in [5.74, 6) is -0.402. The zero-order chi connectivity index (χ0) is 10.1. The number of nitrogens with one attached hydrogen (secondary N) is 2. The van der Waals surface area contributed by atoms with Crippen LogP contribution in [0.3, 0.4) is 0 Å². The molecule has 1 heterocycles. The van der Waals surface area contributed by atoms with E-state index in [1.54, 1.807) is 20.8 Å². The van der Waals surface area contributed by atoms with Gasteiger partial charge in [-0.05, 0) is 20.8 Å². The molecule has 1 aliphatic rings. The molecule has 0 aliphatic carbocycles. The fraction of sp³-hybridized carbons (Fsp3) is 0.750. The highest BCUT2D eigenvalue weighted by Gasteiger charge is 2.41. The summed E-state index contributed by atoms with van der Waals surface area (Å²) in [5, 5.41) is 5.02. The van der Waals surface area contributed by atoms with Crippen LogP contribution in [-0.2, 0) is 9.53 Å². The highest BCUT2D eigenvalue weighted by Crippen LogP contribution is 2.11. The second kappa shape index (κ2) is 3.24. The van der Waals surface area contributed by atoms with E-state index in [0.717, 1.165) is 0 Å². The summed E-state index contributed by atoms with van der Waals surface area (Å²) in [4.78, 5) is 22.3. The number of hydrogen-bond acceptors (Lipinski definition) is 3. The Morgan fingerprint density at radius 2 is 2.23 bits per heavy atom. The summed E-state index contributed by atoms with van der Waals surface area (Å²) < 4.78 is 4.99. The van der Waals surface area contributed by atoms with Gasteiger partial charge in [0.05, 0.1) is 12.6 Å². The van der Waals surface area contributed by atoms with Crippen molar-refractivity contribution in [2.24, 2.45) is 0 Å². The first-order chi connectivity index (χ1) is 5.94. The molecule has 0 saturated carbocycles. The molecule has 1 saturated heterocycles. The van der Waals surface area contributed by atoms with Gasteiger partial charge in [0.1, 0.15) is 0 Å². The van der Waals surface area contributed by atoms with Gasteiger partial charge in [-0.15, -0.1) is 0 Å². The maximum absolute atomic E-state index is 11.4. The van der Waals surface area contributed by atoms with Crippen LogP contribution < -0.4 is 10.6 Å². The predicted molar refractivity (Wildman–Crippen MR) is 46.2 cm³/mol. The summed E-state index contributed by atoms with van der Waals surface area (Å²) in [6.07, 6.45) is -0.165. The van der Waals surface area contributed by atoms with E-state index < -0.39 is 11.5 Å². The molecule has 0 radical (unpaired) electrons. The number of esters is 1. The van der Waals surface area contributed by atoms with E-state index in [1.807, 2.05) is 0 Å². The lowest BCUT2D eigenvalue weighted by Crippen LogP contribution is -2.49. The third-order valence-electron chi connectivity index (χ3n) is 1.79. The van der Waals surface area contributed by atoms with Crippen molar-refractivity contribution in [2.45, 2.75) is 32.4 Å². The molecule has 74 valence electrons. The summed E-state index contributed by atoms with van der Waals surface area (Å²) in [6, 6.07) is -0.330. The van der Waals surface area contributed by atoms with Crippen molar-refractivity contribution < 1.29 is 14.3 Å². The van der Waals surface area contributed by atoms with Gasteiger partial charge >= 0.3 is 12.0 Å². The van der Waals surface area contributed by atoms with E-state index in [4.69, 9.17) is 4.74 Å². The number of amides is 2. The number of rotatable bonds is 2. The second-order valence-electron chi connectivity index (χ2n) is 3.59. The first kappa shape index (κ1) is 9.83. The summed E-state index contributed by atoms with van der Waals surface area (Å²) in [7, 11) is 0. The first-order valence-corrected chi connectivity index (χ1v) is 4.21. The minimum absolute atomic E-state index is 0.165. The smallest absolute Gasteiger partial charge is 0.333 e. The number of carbonyl (C=O) groups excluding carboxylic acids is 2. The second-order valence-corrected chi connectivity index (χ2v) is 3.59. The summed E-state index contributed by atoms with van der Waals surface area (Å²) in [6.45, 7) is 5.45. The molecule has 0 aromatic carbocycles. The van der Waals surface area contributed by atoms with Crippen LogP contribution in [0.1, 0.15) is 20.8 Å². The largest absolute Gasteiger partial charge is 0.461 e. The molecule has 0 bridgehead atoms. The molecular formula is C8H14N2O3. The van der Waals surface area contributed by atoms with E-state index in [9.17, 15) is 9.59 Å². The van der Waals surface area contributed by atoms with E-state index in [0.29, 0.717) is 0 Å². The summed E-state index contributed by atoms with van der Waals surface area (Å²) >= 11 is 0. The van der Waals surface area contributed by atoms with Crippen molar-refractivity contribution >= 4 is 12.0 Å². The van der Waals surface area contributed by atoms with Crippen LogP contribution in [0, 0.1) is 0 Å². The van der Waals surface area contributed by atoms with E-state index in [-0.39, 0.29) is 18.7 Å². The van der Waals surface area contributed by atoms with Crippen molar-refractivity contribution in [2.75, 3.05) is 6.54 Å². The van der Waals surface area contributed by atoms with Crippen LogP contribution >= 0.6 is 0 Å². The third kappa shape index (κ3) is 2.11. The van der Waals surface area contributed by atoms with Gasteiger partial charge in [0.15, 0.2) is 5.54 Å². The number of ether oxygens (including phenoxy) is 1. The molecule has 5 nitrogen and oxygen atoms in total. The molecule has 2 N–H and O–H groups in total. The van der Waals surface area contributed by atoms with Crippen LogP contribution in [0.25, 0.3) is 0 Å². The average Bonchev–Trinajstić information content (AvgIpc) is 2.31. The molecule has 0 aromatic heterocycles. The van der Waals surface area contributed by atoms with Gasteiger partial charge in [-0.2, -0.15) is 0 Å². The van der Waals surface area contributed by atoms with Gasteiger partial charge < -0.3 is 15.4 Å². The summed E-state index contributed by atoms with van der Waals surface area (Å²) in [5.41, 5.74) is -0.915. The standard InChI is InChI=1S/C8H14N2O3/c1-5(2)13-6(11)8(3)4-9-7(12)10-8/h5H,4H2,1-3H3,(H2,9,10,12). The maximum atomic E-state index is 11.4. The minimum atomic E-state index is -0.915. The van der Waals surface area contributed by atoms with E-state index >= 15 is 0 Å². The number of hydrogen-bond donors (Lipinski definition) is 2. The molecule has 0 aromatic rings. The van der Waals surface area contributed by atoms with Gasteiger partial charge in [-0.25, -0.2) is 9.59 Å². The van der Waals surface area contributed by atoms with Gasteiger partial charge in [0.25, 0.3) is 0 Å². The van der Waals surface area contributed by atoms with E-state index in [1.165, 1.54) is 0 Å². The topological polar surface area (TPSA) is 67.4 Å². The van der Waals surface area contributed by atoms with Crippen molar-refractivity contribution in [3.05, 3.63) is 0 Å². The minimum Gasteiger partial charge on any atom is -0.461 e. The van der Waals surface area contributed by atoms with E-state index in [2.05, 4.69) is 10.6 Å². The van der Waals surface area contributed by atoms with Crippen LogP contribution in [0.15, 0.2) is 0 Å². The number of carbonyl (C=O) groups is 2. The highest BCUT2D eigenvalue weighted by atomic mass is 16.5. The molecule has 1 fully saturated rings. The zero-order valence-electron chi connectivity index (χ0n) is 8.01. The molecule has 1 unspecified atom stereocenters. The van der Waals surface area contributed by atoms with Crippen molar-refractivity contribution in [1.82, 2.24) is 10.6 Å². The first-order valence-electron chi connectivity index (χ1n) is 4.21. The lowest BCUT2D eigenvalue weighted by Gasteiger charge is -2.21. The predicted octanol–water partition coefficient (Wildman–Crippen LogP) is 0.00950. The van der Waals surface area contributed by atoms with Gasteiger partial charge in [0.2, 0.25) is 0 Å². The number of urea groups is 1. The Hall–Kier alpha value is -1.26. The Bertz CT molecular complexity index is 240.